The Balaban J connectivity index is 1.85. The number of hydrogen-bond donors (Lipinski definition) is 1. The van der Waals surface area contributed by atoms with Crippen LogP contribution in [0.25, 0.3) is 0 Å². The first kappa shape index (κ1) is 12.8. The van der Waals surface area contributed by atoms with Crippen molar-refractivity contribution >= 4 is 15.9 Å². The van der Waals surface area contributed by atoms with E-state index in [2.05, 4.69) is 25.8 Å². The summed E-state index contributed by atoms with van der Waals surface area (Å²) in [6.07, 6.45) is 4.27. The molecule has 0 spiro atoms. The predicted molar refractivity (Wildman–Crippen MR) is 69.0 cm³/mol. The highest BCUT2D eigenvalue weighted by Crippen LogP contribution is 2.20. The van der Waals surface area contributed by atoms with Crippen molar-refractivity contribution in [1.82, 2.24) is 9.88 Å². The van der Waals surface area contributed by atoms with E-state index in [4.69, 9.17) is 4.74 Å². The fourth-order valence-corrected chi connectivity index (χ4v) is 2.37. The van der Waals surface area contributed by atoms with Crippen LogP contribution >= 0.6 is 15.9 Å². The minimum absolute atomic E-state index is 0.0501. The summed E-state index contributed by atoms with van der Waals surface area (Å²) < 4.78 is 6.47. The second-order valence-corrected chi connectivity index (χ2v) is 5.09. The van der Waals surface area contributed by atoms with Gasteiger partial charge in [-0.25, -0.2) is 4.98 Å². The lowest BCUT2D eigenvalue weighted by atomic mass is 10.3. The normalized spacial score (nSPS) is 16.4. The van der Waals surface area contributed by atoms with Gasteiger partial charge in [0, 0.05) is 22.8 Å². The number of halogens is 1. The van der Waals surface area contributed by atoms with Crippen molar-refractivity contribution in [2.45, 2.75) is 19.4 Å². The highest BCUT2D eigenvalue weighted by molar-refractivity contribution is 9.10. The molecule has 1 aliphatic heterocycles. The third kappa shape index (κ3) is 3.66. The van der Waals surface area contributed by atoms with Gasteiger partial charge in [0.1, 0.15) is 6.61 Å². The molecule has 0 unspecified atom stereocenters. The summed E-state index contributed by atoms with van der Waals surface area (Å²) in [6, 6.07) is 1.83. The van der Waals surface area contributed by atoms with Crippen LogP contribution < -0.4 is 4.74 Å². The summed E-state index contributed by atoms with van der Waals surface area (Å²) in [6.45, 7) is 3.85. The molecule has 0 amide bonds. The molecule has 4 nitrogen and oxygen atoms in total. The van der Waals surface area contributed by atoms with Crippen LogP contribution in [0.5, 0.6) is 5.88 Å². The highest BCUT2D eigenvalue weighted by atomic mass is 79.9. The number of ether oxygens (including phenoxy) is 1. The van der Waals surface area contributed by atoms with Gasteiger partial charge >= 0.3 is 0 Å². The van der Waals surface area contributed by atoms with Crippen LogP contribution in [0.4, 0.5) is 0 Å². The zero-order valence-corrected chi connectivity index (χ0v) is 11.3. The van der Waals surface area contributed by atoms with Gasteiger partial charge < -0.3 is 9.84 Å². The molecule has 0 aromatic carbocycles. The van der Waals surface area contributed by atoms with Crippen molar-refractivity contribution in [2.75, 3.05) is 26.2 Å². The van der Waals surface area contributed by atoms with Gasteiger partial charge in [-0.05, 0) is 47.9 Å². The van der Waals surface area contributed by atoms with E-state index in [-0.39, 0.29) is 6.61 Å². The zero-order chi connectivity index (χ0) is 12.1. The molecule has 2 rings (SSSR count). The third-order valence-electron chi connectivity index (χ3n) is 2.91. The molecule has 1 saturated heterocycles. The van der Waals surface area contributed by atoms with Crippen LogP contribution in [0.3, 0.4) is 0 Å². The van der Waals surface area contributed by atoms with E-state index in [1.165, 1.54) is 25.9 Å². The molecule has 94 valence electrons. The zero-order valence-electron chi connectivity index (χ0n) is 9.73. The number of aliphatic hydroxyl groups excluding tert-OH is 1. The lowest BCUT2D eigenvalue weighted by Gasteiger charge is -2.15. The molecule has 0 radical (unpaired) electrons. The predicted octanol–water partition coefficient (Wildman–Crippen LogP) is 1.81. The molecule has 17 heavy (non-hydrogen) atoms. The monoisotopic (exact) mass is 300 g/mol. The molecular formula is C12H17BrN2O2. The number of aromatic nitrogens is 1. The van der Waals surface area contributed by atoms with Crippen LogP contribution in [-0.4, -0.2) is 41.2 Å². The molecule has 0 saturated carbocycles. The first-order valence-corrected chi connectivity index (χ1v) is 6.69. The average Bonchev–Trinajstić information content (AvgIpc) is 2.84. The Bertz CT molecular complexity index is 368. The van der Waals surface area contributed by atoms with Crippen molar-refractivity contribution in [2.24, 2.45) is 0 Å². The van der Waals surface area contributed by atoms with Gasteiger partial charge in [-0.1, -0.05) is 0 Å². The maximum Gasteiger partial charge on any atom is 0.218 e. The maximum atomic E-state index is 9.20. The van der Waals surface area contributed by atoms with Crippen molar-refractivity contribution in [3.05, 3.63) is 22.3 Å². The molecule has 5 heteroatoms. The van der Waals surface area contributed by atoms with Crippen LogP contribution in [-0.2, 0) is 6.61 Å². The Labute approximate surface area is 110 Å². The van der Waals surface area contributed by atoms with Gasteiger partial charge in [0.2, 0.25) is 5.88 Å². The van der Waals surface area contributed by atoms with Gasteiger partial charge in [-0.15, -0.1) is 0 Å². The summed E-state index contributed by atoms with van der Waals surface area (Å²) in [5.41, 5.74) is 0.723. The van der Waals surface area contributed by atoms with Crippen LogP contribution in [0.2, 0.25) is 0 Å². The summed E-state index contributed by atoms with van der Waals surface area (Å²) in [5.74, 6) is 0.537. The number of hydrogen-bond acceptors (Lipinski definition) is 4. The molecule has 0 aliphatic carbocycles. The van der Waals surface area contributed by atoms with Gasteiger partial charge in [0.15, 0.2) is 0 Å². The van der Waals surface area contributed by atoms with Crippen molar-refractivity contribution in [3.63, 3.8) is 0 Å². The molecule has 1 aliphatic rings. The molecule has 1 aromatic rings. The van der Waals surface area contributed by atoms with E-state index in [1.54, 1.807) is 6.20 Å². The van der Waals surface area contributed by atoms with E-state index in [9.17, 15) is 5.11 Å². The largest absolute Gasteiger partial charge is 0.476 e. The third-order valence-corrected chi connectivity index (χ3v) is 3.34. The summed E-state index contributed by atoms with van der Waals surface area (Å²) in [7, 11) is 0. The lowest BCUT2D eigenvalue weighted by molar-refractivity contribution is 0.221. The maximum absolute atomic E-state index is 9.20. The molecule has 1 N–H and O–H groups in total. The quantitative estimate of drug-likeness (QED) is 0.901. The second-order valence-electron chi connectivity index (χ2n) is 4.17. The Morgan fingerprint density at radius 1 is 1.41 bits per heavy atom. The van der Waals surface area contributed by atoms with E-state index >= 15 is 0 Å². The minimum atomic E-state index is -0.0501. The SMILES string of the molecule is OCc1cc(Br)cnc1OCCN1CCCC1. The smallest absolute Gasteiger partial charge is 0.218 e. The highest BCUT2D eigenvalue weighted by Gasteiger charge is 2.11. The second kappa shape index (κ2) is 6.33. The first-order valence-electron chi connectivity index (χ1n) is 5.90. The van der Waals surface area contributed by atoms with Crippen molar-refractivity contribution in [1.29, 1.82) is 0 Å². The average molecular weight is 301 g/mol. The van der Waals surface area contributed by atoms with E-state index in [1.807, 2.05) is 6.07 Å². The Hall–Kier alpha value is -0.650. The number of likely N-dealkylation sites (tertiary alicyclic amines) is 1. The fraction of sp³-hybridized carbons (Fsp3) is 0.583. The number of nitrogens with zero attached hydrogens (tertiary/aromatic N) is 2. The Kier molecular flexibility index (Phi) is 4.76. The number of pyridine rings is 1. The van der Waals surface area contributed by atoms with Gasteiger partial charge in [-0.3, -0.25) is 4.90 Å². The molecule has 2 heterocycles. The summed E-state index contributed by atoms with van der Waals surface area (Å²) >= 11 is 3.32. The van der Waals surface area contributed by atoms with Crippen LogP contribution in [0.15, 0.2) is 16.7 Å². The molecule has 1 fully saturated rings. The van der Waals surface area contributed by atoms with Crippen molar-refractivity contribution in [3.8, 4) is 5.88 Å². The van der Waals surface area contributed by atoms with E-state index < -0.39 is 0 Å². The van der Waals surface area contributed by atoms with Crippen LogP contribution in [0, 0.1) is 0 Å². The van der Waals surface area contributed by atoms with Gasteiger partial charge in [0.05, 0.1) is 6.61 Å². The summed E-state index contributed by atoms with van der Waals surface area (Å²) in [5, 5.41) is 9.20. The molecule has 0 bridgehead atoms. The van der Waals surface area contributed by atoms with E-state index in [0.717, 1.165) is 16.6 Å². The van der Waals surface area contributed by atoms with Crippen LogP contribution in [0.1, 0.15) is 18.4 Å². The molecule has 1 aromatic heterocycles. The Morgan fingerprint density at radius 2 is 2.18 bits per heavy atom. The lowest BCUT2D eigenvalue weighted by Crippen LogP contribution is -2.25. The number of rotatable bonds is 5. The van der Waals surface area contributed by atoms with Crippen molar-refractivity contribution < 1.29 is 9.84 Å². The van der Waals surface area contributed by atoms with E-state index in [0.29, 0.717) is 12.5 Å². The molecule has 0 atom stereocenters. The summed E-state index contributed by atoms with van der Waals surface area (Å²) in [4.78, 5) is 6.55. The minimum Gasteiger partial charge on any atom is -0.476 e. The fourth-order valence-electron chi connectivity index (χ4n) is 1.99. The first-order chi connectivity index (χ1) is 8.29. The van der Waals surface area contributed by atoms with Gasteiger partial charge in [0.25, 0.3) is 0 Å². The Morgan fingerprint density at radius 3 is 2.88 bits per heavy atom. The van der Waals surface area contributed by atoms with Gasteiger partial charge in [-0.2, -0.15) is 0 Å². The standard InChI is InChI=1S/C12H17BrN2O2/c13-11-7-10(9-16)12(14-8-11)17-6-5-15-3-1-2-4-15/h7-8,16H,1-6,9H2. The molecular weight excluding hydrogens is 284 g/mol. The topological polar surface area (TPSA) is 45.6 Å². The number of aliphatic hydroxyl groups is 1.